The van der Waals surface area contributed by atoms with Gasteiger partial charge in [-0.2, -0.15) is 0 Å². The Hall–Kier alpha value is -2.83. The van der Waals surface area contributed by atoms with Gasteiger partial charge in [-0.05, 0) is 54.8 Å². The van der Waals surface area contributed by atoms with Gasteiger partial charge in [-0.15, -0.1) is 0 Å². The van der Waals surface area contributed by atoms with E-state index in [0.29, 0.717) is 32.1 Å². The van der Waals surface area contributed by atoms with Crippen molar-refractivity contribution in [1.29, 1.82) is 0 Å². The van der Waals surface area contributed by atoms with Crippen molar-refractivity contribution in [2.45, 2.75) is 25.9 Å². The standard InChI is InChI=1S/C21H16Cl2N2O4/c1-11-7-17-15(9-16(11)23)12(8-18(26)29-17)10-25-19(27)21(2,24-20(25)28)13-3-5-14(22)6-4-13/h3-9H,10H2,1-2H3,(H,24,28). The van der Waals surface area contributed by atoms with Crippen LogP contribution in [0.5, 0.6) is 0 Å². The largest absolute Gasteiger partial charge is 0.423 e. The van der Waals surface area contributed by atoms with Crippen LogP contribution in [-0.4, -0.2) is 16.8 Å². The lowest BCUT2D eigenvalue weighted by molar-refractivity contribution is -0.131. The van der Waals surface area contributed by atoms with Gasteiger partial charge in [-0.25, -0.2) is 9.59 Å². The van der Waals surface area contributed by atoms with Gasteiger partial charge in [0.1, 0.15) is 11.1 Å². The minimum atomic E-state index is -1.23. The molecule has 1 aromatic heterocycles. The molecule has 1 fully saturated rings. The molecule has 1 atom stereocenters. The number of imide groups is 1. The molecule has 148 valence electrons. The summed E-state index contributed by atoms with van der Waals surface area (Å²) in [6.45, 7) is 3.34. The first kappa shape index (κ1) is 19.5. The fourth-order valence-corrected chi connectivity index (χ4v) is 3.76. The first-order valence-corrected chi connectivity index (χ1v) is 9.57. The summed E-state index contributed by atoms with van der Waals surface area (Å²) in [6.07, 6.45) is 0. The Morgan fingerprint density at radius 1 is 1.07 bits per heavy atom. The molecule has 2 heterocycles. The van der Waals surface area contributed by atoms with Gasteiger partial charge in [0, 0.05) is 21.5 Å². The van der Waals surface area contributed by atoms with E-state index < -0.39 is 23.1 Å². The first-order valence-electron chi connectivity index (χ1n) is 8.82. The number of hydrogen-bond acceptors (Lipinski definition) is 4. The predicted molar refractivity (Wildman–Crippen MR) is 110 cm³/mol. The quantitative estimate of drug-likeness (QED) is 0.493. The lowest BCUT2D eigenvalue weighted by Gasteiger charge is -2.22. The van der Waals surface area contributed by atoms with Crippen LogP contribution in [-0.2, 0) is 16.9 Å². The second kappa shape index (κ2) is 6.90. The van der Waals surface area contributed by atoms with Crippen LogP contribution < -0.4 is 10.9 Å². The van der Waals surface area contributed by atoms with Crippen molar-refractivity contribution >= 4 is 46.1 Å². The van der Waals surface area contributed by atoms with Crippen molar-refractivity contribution in [1.82, 2.24) is 10.2 Å². The van der Waals surface area contributed by atoms with Gasteiger partial charge in [-0.1, -0.05) is 35.3 Å². The van der Waals surface area contributed by atoms with E-state index in [4.69, 9.17) is 27.6 Å². The SMILES string of the molecule is Cc1cc2oc(=O)cc(CN3C(=O)NC(C)(c4ccc(Cl)cc4)C3=O)c2cc1Cl. The van der Waals surface area contributed by atoms with Crippen LogP contribution in [0.25, 0.3) is 11.0 Å². The van der Waals surface area contributed by atoms with Gasteiger partial charge >= 0.3 is 11.7 Å². The minimum Gasteiger partial charge on any atom is -0.423 e. The van der Waals surface area contributed by atoms with Crippen LogP contribution in [0.2, 0.25) is 10.0 Å². The average molecular weight is 431 g/mol. The number of urea groups is 1. The Balaban J connectivity index is 1.74. The third-order valence-corrected chi connectivity index (χ3v) is 5.79. The number of carbonyl (C=O) groups excluding carboxylic acids is 2. The number of nitrogens with zero attached hydrogens (tertiary/aromatic N) is 1. The molecular weight excluding hydrogens is 415 g/mol. The lowest BCUT2D eigenvalue weighted by Crippen LogP contribution is -2.40. The van der Waals surface area contributed by atoms with Gasteiger partial charge in [0.05, 0.1) is 6.54 Å². The molecule has 6 nitrogen and oxygen atoms in total. The van der Waals surface area contributed by atoms with Crippen molar-refractivity contribution in [3.63, 3.8) is 0 Å². The summed E-state index contributed by atoms with van der Waals surface area (Å²) in [7, 11) is 0. The van der Waals surface area contributed by atoms with Crippen LogP contribution in [0.15, 0.2) is 51.7 Å². The molecule has 0 spiro atoms. The second-order valence-corrected chi connectivity index (χ2v) is 7.99. The van der Waals surface area contributed by atoms with Gasteiger partial charge in [0.25, 0.3) is 5.91 Å². The molecule has 4 rings (SSSR count). The predicted octanol–water partition coefficient (Wildman–Crippen LogP) is 4.38. The zero-order chi connectivity index (χ0) is 20.9. The van der Waals surface area contributed by atoms with Crippen molar-refractivity contribution < 1.29 is 14.0 Å². The van der Waals surface area contributed by atoms with Crippen molar-refractivity contribution in [2.24, 2.45) is 0 Å². The zero-order valence-electron chi connectivity index (χ0n) is 15.6. The molecule has 0 bridgehead atoms. The molecule has 1 N–H and O–H groups in total. The Morgan fingerprint density at radius 2 is 1.76 bits per heavy atom. The fraction of sp³-hybridized carbons (Fsp3) is 0.190. The Labute approximate surface area is 176 Å². The second-order valence-electron chi connectivity index (χ2n) is 7.14. The van der Waals surface area contributed by atoms with E-state index in [9.17, 15) is 14.4 Å². The number of aryl methyl sites for hydroxylation is 1. The molecule has 29 heavy (non-hydrogen) atoms. The third kappa shape index (κ3) is 3.28. The molecule has 0 aliphatic carbocycles. The maximum absolute atomic E-state index is 13.2. The maximum Gasteiger partial charge on any atom is 0.336 e. The molecule has 0 radical (unpaired) electrons. The smallest absolute Gasteiger partial charge is 0.336 e. The Kier molecular flexibility index (Phi) is 4.63. The van der Waals surface area contributed by atoms with Gasteiger partial charge in [0.2, 0.25) is 0 Å². The van der Waals surface area contributed by atoms with E-state index in [1.165, 1.54) is 6.07 Å². The van der Waals surface area contributed by atoms with Crippen LogP contribution in [0.1, 0.15) is 23.6 Å². The molecule has 8 heteroatoms. The summed E-state index contributed by atoms with van der Waals surface area (Å²) in [5, 5.41) is 4.33. The number of carbonyl (C=O) groups is 2. The molecule has 0 saturated carbocycles. The number of nitrogens with one attached hydrogen (secondary N) is 1. The van der Waals surface area contributed by atoms with Crippen LogP contribution in [0, 0.1) is 6.92 Å². The van der Waals surface area contributed by atoms with Gasteiger partial charge in [0.15, 0.2) is 0 Å². The molecule has 1 aliphatic rings. The number of amides is 3. The van der Waals surface area contributed by atoms with E-state index in [-0.39, 0.29) is 6.54 Å². The number of rotatable bonds is 3. The maximum atomic E-state index is 13.2. The molecule has 1 unspecified atom stereocenters. The van der Waals surface area contributed by atoms with Gasteiger partial charge < -0.3 is 9.73 Å². The Bertz CT molecular complexity index is 1220. The highest BCUT2D eigenvalue weighted by Crippen LogP contribution is 2.32. The highest BCUT2D eigenvalue weighted by molar-refractivity contribution is 6.32. The summed E-state index contributed by atoms with van der Waals surface area (Å²) in [5.41, 5.74) is 0.389. The summed E-state index contributed by atoms with van der Waals surface area (Å²) in [5.74, 6) is -0.426. The van der Waals surface area contributed by atoms with Crippen molar-refractivity contribution in [2.75, 3.05) is 0 Å². The molecule has 3 aromatic rings. The number of fused-ring (bicyclic) bond motifs is 1. The van der Waals surface area contributed by atoms with Crippen LogP contribution in [0.3, 0.4) is 0 Å². The van der Waals surface area contributed by atoms with E-state index in [0.717, 1.165) is 10.5 Å². The Morgan fingerprint density at radius 3 is 2.45 bits per heavy atom. The average Bonchev–Trinajstić information content (AvgIpc) is 2.88. The summed E-state index contributed by atoms with van der Waals surface area (Å²) < 4.78 is 5.25. The van der Waals surface area contributed by atoms with E-state index in [1.807, 2.05) is 0 Å². The van der Waals surface area contributed by atoms with E-state index in [2.05, 4.69) is 5.32 Å². The lowest BCUT2D eigenvalue weighted by atomic mass is 9.92. The molecular formula is C21H16Cl2N2O4. The van der Waals surface area contributed by atoms with Crippen LogP contribution in [0.4, 0.5) is 4.79 Å². The molecule has 1 aliphatic heterocycles. The topological polar surface area (TPSA) is 79.6 Å². The molecule has 2 aromatic carbocycles. The summed E-state index contributed by atoms with van der Waals surface area (Å²) in [6, 6.07) is 10.7. The molecule has 1 saturated heterocycles. The van der Waals surface area contributed by atoms with Crippen LogP contribution >= 0.6 is 23.2 Å². The third-order valence-electron chi connectivity index (χ3n) is 5.13. The fourth-order valence-electron chi connectivity index (χ4n) is 3.47. The number of benzene rings is 2. The zero-order valence-corrected chi connectivity index (χ0v) is 17.1. The summed E-state index contributed by atoms with van der Waals surface area (Å²) >= 11 is 12.1. The number of halogens is 2. The highest BCUT2D eigenvalue weighted by Gasteiger charge is 2.49. The highest BCUT2D eigenvalue weighted by atomic mass is 35.5. The summed E-state index contributed by atoms with van der Waals surface area (Å²) in [4.78, 5) is 38.9. The van der Waals surface area contributed by atoms with E-state index >= 15 is 0 Å². The van der Waals surface area contributed by atoms with Crippen molar-refractivity contribution in [3.05, 3.63) is 79.6 Å². The normalized spacial score (nSPS) is 19.1. The van der Waals surface area contributed by atoms with Crippen molar-refractivity contribution in [3.8, 4) is 0 Å². The minimum absolute atomic E-state index is 0.0880. The monoisotopic (exact) mass is 430 g/mol. The molecule has 3 amide bonds. The number of hydrogen-bond donors (Lipinski definition) is 1. The van der Waals surface area contributed by atoms with Gasteiger partial charge in [-0.3, -0.25) is 9.69 Å². The first-order chi connectivity index (χ1) is 13.7. The van der Waals surface area contributed by atoms with E-state index in [1.54, 1.807) is 50.2 Å².